The molecule has 7 nitrogen and oxygen atoms in total. The molecular formula is C34H50N4O3S. The molecule has 1 unspecified atom stereocenters. The van der Waals surface area contributed by atoms with Gasteiger partial charge in [0.05, 0.1) is 34.3 Å². The van der Waals surface area contributed by atoms with Gasteiger partial charge in [-0.15, -0.1) is 23.7 Å². The third-order valence-electron chi connectivity index (χ3n) is 8.10. The lowest BCUT2D eigenvalue weighted by atomic mass is 9.85. The highest BCUT2D eigenvalue weighted by molar-refractivity contribution is 7.13. The number of rotatable bonds is 15. The minimum absolute atomic E-state index is 0.121. The van der Waals surface area contributed by atoms with Crippen molar-refractivity contribution in [3.63, 3.8) is 0 Å². The number of aryl methyl sites for hydroxylation is 1. The number of β-amino-alcohol motifs (C(OH)–C–C–N with tert-alkyl or cyclic N) is 1. The Morgan fingerprint density at radius 2 is 1.76 bits per heavy atom. The molecule has 0 spiro atoms. The Hall–Kier alpha value is -2.73. The van der Waals surface area contributed by atoms with Crippen molar-refractivity contribution in [2.45, 2.75) is 117 Å². The van der Waals surface area contributed by atoms with Gasteiger partial charge >= 0.3 is 0 Å². The Morgan fingerprint density at radius 1 is 1.12 bits per heavy atom. The van der Waals surface area contributed by atoms with Crippen LogP contribution in [0, 0.1) is 24.7 Å². The van der Waals surface area contributed by atoms with Gasteiger partial charge in [0.2, 0.25) is 11.8 Å². The first kappa shape index (κ1) is 33.8. The molecule has 8 heteroatoms. The van der Waals surface area contributed by atoms with Gasteiger partial charge in [-0.25, -0.2) is 4.98 Å². The number of aliphatic hydroxyl groups is 1. The van der Waals surface area contributed by atoms with Gasteiger partial charge in [0, 0.05) is 19.4 Å². The Labute approximate surface area is 256 Å². The van der Waals surface area contributed by atoms with Crippen molar-refractivity contribution in [2.24, 2.45) is 5.41 Å². The molecule has 0 radical (unpaired) electrons. The number of nitrogens with one attached hydrogen (secondary N) is 2. The van der Waals surface area contributed by atoms with Gasteiger partial charge in [-0.3, -0.25) is 9.59 Å². The zero-order chi connectivity index (χ0) is 30.7. The predicted octanol–water partition coefficient (Wildman–Crippen LogP) is 6.02. The number of carbonyl (C=O) groups is 2. The van der Waals surface area contributed by atoms with Crippen LogP contribution >= 0.6 is 11.3 Å². The number of hydrogen-bond acceptors (Lipinski definition) is 6. The molecule has 230 valence electrons. The maximum absolute atomic E-state index is 13.8. The van der Waals surface area contributed by atoms with Crippen LogP contribution in [0.5, 0.6) is 0 Å². The molecule has 4 atom stereocenters. The van der Waals surface area contributed by atoms with E-state index in [4.69, 9.17) is 6.42 Å². The third-order valence-corrected chi connectivity index (χ3v) is 9.08. The second-order valence-corrected chi connectivity index (χ2v) is 13.6. The Bertz CT molecular complexity index is 1180. The Balaban J connectivity index is 1.55. The summed E-state index contributed by atoms with van der Waals surface area (Å²) in [6.45, 7) is 11.0. The molecule has 1 saturated heterocycles. The summed E-state index contributed by atoms with van der Waals surface area (Å²) < 4.78 is 0. The van der Waals surface area contributed by atoms with E-state index in [-0.39, 0.29) is 36.2 Å². The molecular weight excluding hydrogens is 544 g/mol. The summed E-state index contributed by atoms with van der Waals surface area (Å²) in [6, 6.07) is 6.76. The molecule has 1 aromatic heterocycles. The molecule has 2 amide bonds. The van der Waals surface area contributed by atoms with Gasteiger partial charge in [-0.1, -0.05) is 77.1 Å². The molecule has 0 saturated carbocycles. The second-order valence-electron chi connectivity index (χ2n) is 12.7. The fourth-order valence-corrected chi connectivity index (χ4v) is 6.42. The van der Waals surface area contributed by atoms with Gasteiger partial charge in [-0.05, 0) is 49.8 Å². The summed E-state index contributed by atoms with van der Waals surface area (Å²) in [5.41, 5.74) is 4.59. The average Bonchev–Trinajstić information content (AvgIpc) is 3.56. The van der Waals surface area contributed by atoms with Gasteiger partial charge in [0.15, 0.2) is 0 Å². The van der Waals surface area contributed by atoms with E-state index >= 15 is 0 Å². The largest absolute Gasteiger partial charge is 0.391 e. The Kier molecular flexibility index (Phi) is 13.0. The van der Waals surface area contributed by atoms with Crippen LogP contribution in [0.3, 0.4) is 0 Å². The smallest absolute Gasteiger partial charge is 0.243 e. The summed E-state index contributed by atoms with van der Waals surface area (Å²) in [6.07, 6.45) is 13.7. The normalized spacial score (nSPS) is 18.5. The predicted molar refractivity (Wildman–Crippen MR) is 172 cm³/mol. The maximum atomic E-state index is 13.8. The number of hydrogen-bond donors (Lipinski definition) is 3. The molecule has 2 aromatic rings. The number of nitrogens with zero attached hydrogens (tertiary/aromatic N) is 2. The van der Waals surface area contributed by atoms with Crippen molar-refractivity contribution < 1.29 is 14.7 Å². The number of amides is 2. The fourth-order valence-electron chi connectivity index (χ4n) is 5.61. The van der Waals surface area contributed by atoms with Gasteiger partial charge in [-0.2, -0.15) is 0 Å². The van der Waals surface area contributed by atoms with E-state index in [2.05, 4.69) is 33.7 Å². The van der Waals surface area contributed by atoms with E-state index in [1.54, 1.807) is 16.2 Å². The van der Waals surface area contributed by atoms with Crippen molar-refractivity contribution in [1.29, 1.82) is 0 Å². The molecule has 42 heavy (non-hydrogen) atoms. The molecule has 1 fully saturated rings. The minimum atomic E-state index is -0.719. The fraction of sp³-hybridized carbons (Fsp3) is 0.618. The second kappa shape index (κ2) is 16.2. The molecule has 1 aliphatic rings. The topological polar surface area (TPSA) is 94.6 Å². The monoisotopic (exact) mass is 594 g/mol. The van der Waals surface area contributed by atoms with E-state index < -0.39 is 18.2 Å². The first-order valence-electron chi connectivity index (χ1n) is 15.5. The summed E-state index contributed by atoms with van der Waals surface area (Å²) in [5, 5.41) is 17.1. The third kappa shape index (κ3) is 9.65. The molecule has 0 bridgehead atoms. The number of likely N-dealkylation sites (tertiary alicyclic amines) is 1. The van der Waals surface area contributed by atoms with E-state index in [9.17, 15) is 14.7 Å². The minimum Gasteiger partial charge on any atom is -0.391 e. The highest BCUT2D eigenvalue weighted by atomic mass is 32.1. The van der Waals surface area contributed by atoms with Gasteiger partial charge in [0.25, 0.3) is 0 Å². The quantitative estimate of drug-likeness (QED) is 0.173. The number of benzene rings is 1. The van der Waals surface area contributed by atoms with Crippen LogP contribution in [-0.2, 0) is 9.59 Å². The van der Waals surface area contributed by atoms with Crippen molar-refractivity contribution in [1.82, 2.24) is 20.5 Å². The zero-order valence-electron chi connectivity index (χ0n) is 26.1. The number of unbranched alkanes of at least 4 members (excludes halogenated alkanes) is 7. The SMILES string of the molecule is C#CCCCCCCCCCNC(C(=O)N1C[C@H](O)C[C@H]1C(=O)N[C@@H](C)c1ccc(-c2scnc2C)cc1)C(C)(C)C. The summed E-state index contributed by atoms with van der Waals surface area (Å²) in [5.74, 6) is 2.34. The maximum Gasteiger partial charge on any atom is 0.243 e. The molecule has 1 aromatic carbocycles. The summed E-state index contributed by atoms with van der Waals surface area (Å²) in [7, 11) is 0. The van der Waals surface area contributed by atoms with Gasteiger partial charge in [0.1, 0.15) is 6.04 Å². The molecule has 2 heterocycles. The number of aliphatic hydroxyl groups excluding tert-OH is 1. The Morgan fingerprint density at radius 3 is 2.36 bits per heavy atom. The van der Waals surface area contributed by atoms with Crippen LogP contribution in [0.15, 0.2) is 29.8 Å². The number of thiazole rings is 1. The number of carbonyl (C=O) groups excluding carboxylic acids is 2. The molecule has 3 rings (SSSR count). The summed E-state index contributed by atoms with van der Waals surface area (Å²) in [4.78, 5) is 34.3. The number of terminal acetylenes is 1. The highest BCUT2D eigenvalue weighted by Crippen LogP contribution is 2.29. The van der Waals surface area contributed by atoms with E-state index in [1.165, 1.54) is 25.7 Å². The van der Waals surface area contributed by atoms with Crippen LogP contribution < -0.4 is 10.6 Å². The molecule has 1 aliphatic heterocycles. The average molecular weight is 595 g/mol. The first-order chi connectivity index (χ1) is 20.0. The molecule has 3 N–H and O–H groups in total. The van der Waals surface area contributed by atoms with Crippen molar-refractivity contribution >= 4 is 23.2 Å². The van der Waals surface area contributed by atoms with Crippen LogP contribution in [0.4, 0.5) is 0 Å². The highest BCUT2D eigenvalue weighted by Gasteiger charge is 2.44. The van der Waals surface area contributed by atoms with Crippen molar-refractivity contribution in [3.05, 3.63) is 41.0 Å². The molecule has 0 aliphatic carbocycles. The lowest BCUT2D eigenvalue weighted by Crippen LogP contribution is -2.56. The standard InChI is InChI=1S/C34H50N4O3S/c1-7-8-9-10-11-12-13-14-15-20-35-31(34(4,5)6)33(41)38-22-28(39)21-29(38)32(40)37-24(2)26-16-18-27(19-17-26)30-25(3)36-23-42-30/h1,16-19,23-24,28-29,31,35,39H,8-15,20-22H2,2-6H3,(H,37,40)/t24-,28+,29-,31?/m0/s1. The van der Waals surface area contributed by atoms with Crippen LogP contribution in [0.25, 0.3) is 10.4 Å². The number of aromatic nitrogens is 1. The van der Waals surface area contributed by atoms with Crippen LogP contribution in [-0.4, -0.2) is 58.1 Å². The zero-order valence-corrected chi connectivity index (χ0v) is 26.9. The van der Waals surface area contributed by atoms with Crippen LogP contribution in [0.2, 0.25) is 0 Å². The van der Waals surface area contributed by atoms with Gasteiger partial charge < -0.3 is 20.6 Å². The lowest BCUT2D eigenvalue weighted by Gasteiger charge is -2.35. The lowest BCUT2D eigenvalue weighted by molar-refractivity contribution is -0.142. The van der Waals surface area contributed by atoms with Crippen molar-refractivity contribution in [2.75, 3.05) is 13.1 Å². The van der Waals surface area contributed by atoms with Crippen molar-refractivity contribution in [3.8, 4) is 22.8 Å². The van der Waals surface area contributed by atoms with E-state index in [0.29, 0.717) is 0 Å². The van der Waals surface area contributed by atoms with E-state index in [0.717, 1.165) is 53.9 Å². The summed E-state index contributed by atoms with van der Waals surface area (Å²) >= 11 is 1.61. The first-order valence-corrected chi connectivity index (χ1v) is 16.4. The van der Waals surface area contributed by atoms with E-state index in [1.807, 2.05) is 52.3 Å². The van der Waals surface area contributed by atoms with Crippen LogP contribution in [0.1, 0.15) is 103 Å².